The van der Waals surface area contributed by atoms with Crippen LogP contribution in [0.4, 0.5) is 5.00 Å². The molecule has 0 fully saturated rings. The van der Waals surface area contributed by atoms with Gasteiger partial charge < -0.3 is 5.32 Å². The fourth-order valence-corrected chi connectivity index (χ4v) is 2.78. The minimum absolute atomic E-state index is 0.0602. The van der Waals surface area contributed by atoms with Crippen molar-refractivity contribution in [2.75, 3.05) is 12.4 Å². The van der Waals surface area contributed by atoms with Gasteiger partial charge in [0.2, 0.25) is 0 Å². The van der Waals surface area contributed by atoms with Crippen molar-refractivity contribution in [2.45, 2.75) is 20.4 Å². The fraction of sp³-hybridized carbons (Fsp3) is 0.444. The van der Waals surface area contributed by atoms with Crippen molar-refractivity contribution in [1.82, 2.24) is 14.2 Å². The second-order valence-electron chi connectivity index (χ2n) is 3.39. The van der Waals surface area contributed by atoms with Crippen LogP contribution in [0.5, 0.6) is 0 Å². The molecule has 0 aliphatic heterocycles. The van der Waals surface area contributed by atoms with Crippen molar-refractivity contribution >= 4 is 27.9 Å². The highest BCUT2D eigenvalue weighted by molar-refractivity contribution is 7.10. The molecule has 0 amide bonds. The van der Waals surface area contributed by atoms with Gasteiger partial charge in [0.1, 0.15) is 10.7 Å². The third-order valence-electron chi connectivity index (χ3n) is 2.47. The normalized spacial score (nSPS) is 10.7. The number of rotatable bonds is 3. The molecule has 2 heterocycles. The average molecular weight is 256 g/mol. The molecular weight excluding hydrogens is 244 g/mol. The highest BCUT2D eigenvalue weighted by atomic mass is 32.1. The highest BCUT2D eigenvalue weighted by Gasteiger charge is 2.12. The molecule has 2 aromatic rings. The summed E-state index contributed by atoms with van der Waals surface area (Å²) in [6.07, 6.45) is 0. The van der Waals surface area contributed by atoms with Gasteiger partial charge in [0.25, 0.3) is 0 Å². The Bertz CT molecular complexity index is 554. The van der Waals surface area contributed by atoms with Crippen molar-refractivity contribution in [3.05, 3.63) is 25.9 Å². The van der Waals surface area contributed by atoms with E-state index in [1.807, 2.05) is 20.9 Å². The Morgan fingerprint density at radius 1 is 1.44 bits per heavy atom. The van der Waals surface area contributed by atoms with Gasteiger partial charge >= 0.3 is 4.87 Å². The number of aromatic nitrogens is 3. The molecule has 0 aliphatic carbocycles. The van der Waals surface area contributed by atoms with Gasteiger partial charge in [-0.15, -0.1) is 5.10 Å². The number of hydrogen-bond donors (Lipinski definition) is 1. The largest absolute Gasteiger partial charge is 0.377 e. The summed E-state index contributed by atoms with van der Waals surface area (Å²) in [7, 11) is 1.83. The van der Waals surface area contributed by atoms with Crippen LogP contribution in [-0.2, 0) is 6.54 Å². The molecule has 16 heavy (non-hydrogen) atoms. The van der Waals surface area contributed by atoms with Gasteiger partial charge in [0.05, 0.1) is 6.54 Å². The zero-order chi connectivity index (χ0) is 11.7. The van der Waals surface area contributed by atoms with E-state index in [1.165, 1.54) is 22.9 Å². The van der Waals surface area contributed by atoms with E-state index >= 15 is 0 Å². The van der Waals surface area contributed by atoms with Gasteiger partial charge in [-0.2, -0.15) is 0 Å². The molecule has 5 nitrogen and oxygen atoms in total. The fourth-order valence-electron chi connectivity index (χ4n) is 1.42. The third-order valence-corrected chi connectivity index (χ3v) is 4.25. The smallest absolute Gasteiger partial charge is 0.307 e. The van der Waals surface area contributed by atoms with Crippen molar-refractivity contribution in [2.24, 2.45) is 0 Å². The Morgan fingerprint density at radius 2 is 2.19 bits per heavy atom. The van der Waals surface area contributed by atoms with Gasteiger partial charge in [0.15, 0.2) is 0 Å². The molecule has 0 saturated carbocycles. The summed E-state index contributed by atoms with van der Waals surface area (Å²) in [6, 6.07) is 0. The van der Waals surface area contributed by atoms with E-state index < -0.39 is 0 Å². The first-order valence-electron chi connectivity index (χ1n) is 4.79. The molecule has 7 heteroatoms. The average Bonchev–Trinajstić information content (AvgIpc) is 2.79. The van der Waals surface area contributed by atoms with E-state index in [2.05, 4.69) is 14.9 Å². The zero-order valence-corrected chi connectivity index (χ0v) is 10.9. The van der Waals surface area contributed by atoms with E-state index in [4.69, 9.17) is 0 Å². The van der Waals surface area contributed by atoms with E-state index in [-0.39, 0.29) is 4.87 Å². The summed E-state index contributed by atoms with van der Waals surface area (Å²) in [5.74, 6) is 0. The van der Waals surface area contributed by atoms with E-state index in [9.17, 15) is 4.79 Å². The Balaban J connectivity index is 2.37. The molecule has 0 aromatic carbocycles. The van der Waals surface area contributed by atoms with Crippen molar-refractivity contribution in [3.8, 4) is 0 Å². The number of anilines is 1. The van der Waals surface area contributed by atoms with Crippen LogP contribution < -0.4 is 10.2 Å². The lowest BCUT2D eigenvalue weighted by atomic mass is 10.4. The maximum Gasteiger partial charge on any atom is 0.307 e. The van der Waals surface area contributed by atoms with Crippen LogP contribution in [0.25, 0.3) is 0 Å². The minimum atomic E-state index is 0.0602. The predicted octanol–water partition coefficient (Wildman–Crippen LogP) is 1.47. The summed E-state index contributed by atoms with van der Waals surface area (Å²) in [6.45, 7) is 4.39. The van der Waals surface area contributed by atoms with Crippen LogP contribution in [0.3, 0.4) is 0 Å². The molecule has 2 rings (SSSR count). The summed E-state index contributed by atoms with van der Waals surface area (Å²) in [5.41, 5.74) is 1.82. The lowest BCUT2D eigenvalue weighted by molar-refractivity contribution is 0.730. The number of aryl methyl sites for hydroxylation is 1. The zero-order valence-electron chi connectivity index (χ0n) is 9.27. The van der Waals surface area contributed by atoms with Crippen molar-refractivity contribution in [1.29, 1.82) is 0 Å². The Kier molecular flexibility index (Phi) is 3.06. The molecule has 0 saturated heterocycles. The van der Waals surface area contributed by atoms with Crippen LogP contribution >= 0.6 is 22.9 Å². The number of nitrogens with zero attached hydrogens (tertiary/aromatic N) is 3. The van der Waals surface area contributed by atoms with Crippen LogP contribution in [0.2, 0.25) is 0 Å². The predicted molar refractivity (Wildman–Crippen MR) is 66.6 cm³/mol. The Hall–Kier alpha value is -1.21. The summed E-state index contributed by atoms with van der Waals surface area (Å²) in [4.78, 5) is 12.8. The lowest BCUT2D eigenvalue weighted by Gasteiger charge is -2.03. The lowest BCUT2D eigenvalue weighted by Crippen LogP contribution is -2.16. The first kappa shape index (κ1) is 11.3. The standard InChI is InChI=1S/C9H12N4OS2/c1-5-6(2)15-9(14)13(5)4-7-8(10-3)16-12-11-7/h10H,4H2,1-3H3. The molecule has 86 valence electrons. The summed E-state index contributed by atoms with van der Waals surface area (Å²) < 4.78 is 5.61. The number of hydrogen-bond acceptors (Lipinski definition) is 6. The number of nitrogens with one attached hydrogen (secondary N) is 1. The summed E-state index contributed by atoms with van der Waals surface area (Å²) >= 11 is 2.58. The molecule has 0 radical (unpaired) electrons. The Morgan fingerprint density at radius 3 is 2.75 bits per heavy atom. The van der Waals surface area contributed by atoms with Crippen molar-refractivity contribution in [3.63, 3.8) is 0 Å². The Labute approximate surface area is 101 Å². The van der Waals surface area contributed by atoms with Gasteiger partial charge in [-0.05, 0) is 13.8 Å². The molecule has 0 spiro atoms. The maximum absolute atomic E-state index is 11.7. The first-order valence-corrected chi connectivity index (χ1v) is 6.38. The SMILES string of the molecule is CNc1snnc1Cn1c(C)c(C)sc1=O. The third kappa shape index (κ3) is 1.88. The summed E-state index contributed by atoms with van der Waals surface area (Å²) in [5, 5.41) is 7.96. The number of thiazole rings is 1. The van der Waals surface area contributed by atoms with Gasteiger partial charge in [-0.25, -0.2) is 0 Å². The highest BCUT2D eigenvalue weighted by Crippen LogP contribution is 2.19. The van der Waals surface area contributed by atoms with Crippen LogP contribution in [0.15, 0.2) is 4.79 Å². The molecule has 0 atom stereocenters. The molecule has 2 aromatic heterocycles. The van der Waals surface area contributed by atoms with Crippen LogP contribution in [-0.4, -0.2) is 21.2 Å². The molecule has 0 aliphatic rings. The van der Waals surface area contributed by atoms with Crippen LogP contribution in [0.1, 0.15) is 16.3 Å². The topological polar surface area (TPSA) is 59.8 Å². The van der Waals surface area contributed by atoms with Gasteiger partial charge in [0, 0.05) is 29.2 Å². The van der Waals surface area contributed by atoms with E-state index in [0.717, 1.165) is 21.3 Å². The second kappa shape index (κ2) is 4.34. The van der Waals surface area contributed by atoms with E-state index in [0.29, 0.717) is 6.54 Å². The van der Waals surface area contributed by atoms with Gasteiger partial charge in [-0.3, -0.25) is 9.36 Å². The molecule has 0 unspecified atom stereocenters. The first-order chi connectivity index (χ1) is 7.63. The molecule has 1 N–H and O–H groups in total. The minimum Gasteiger partial charge on any atom is -0.377 e. The monoisotopic (exact) mass is 256 g/mol. The van der Waals surface area contributed by atoms with Crippen LogP contribution in [0, 0.1) is 13.8 Å². The maximum atomic E-state index is 11.7. The quantitative estimate of drug-likeness (QED) is 0.903. The molecule has 0 bridgehead atoms. The van der Waals surface area contributed by atoms with Gasteiger partial charge in [-0.1, -0.05) is 15.8 Å². The van der Waals surface area contributed by atoms with E-state index in [1.54, 1.807) is 4.57 Å². The van der Waals surface area contributed by atoms with Crippen molar-refractivity contribution < 1.29 is 0 Å². The molecular formula is C9H12N4OS2. The second-order valence-corrected chi connectivity index (χ2v) is 5.31.